The second-order valence-corrected chi connectivity index (χ2v) is 6.71. The van der Waals surface area contributed by atoms with Gasteiger partial charge in [-0.2, -0.15) is 12.6 Å². The van der Waals surface area contributed by atoms with E-state index < -0.39 is 11.2 Å². The highest BCUT2D eigenvalue weighted by molar-refractivity contribution is 7.80. The first-order valence-electron chi connectivity index (χ1n) is 9.02. The normalized spacial score (nSPS) is 12.3. The molecule has 0 aliphatic carbocycles. The van der Waals surface area contributed by atoms with Crippen molar-refractivity contribution in [3.63, 3.8) is 0 Å². The van der Waals surface area contributed by atoms with Crippen LogP contribution in [0.25, 0.3) is 0 Å². The summed E-state index contributed by atoms with van der Waals surface area (Å²) in [5.74, 6) is 0.672. The van der Waals surface area contributed by atoms with Crippen LogP contribution in [-0.4, -0.2) is 36.1 Å². The summed E-state index contributed by atoms with van der Waals surface area (Å²) in [5, 5.41) is 11.3. The van der Waals surface area contributed by atoms with Crippen molar-refractivity contribution in [3.05, 3.63) is 77.0 Å². The van der Waals surface area contributed by atoms with E-state index in [1.807, 2.05) is 37.3 Å². The summed E-state index contributed by atoms with van der Waals surface area (Å²) in [7, 11) is 2.62. The van der Waals surface area contributed by atoms with Crippen molar-refractivity contribution in [2.75, 3.05) is 14.2 Å². The minimum absolute atomic E-state index is 0.0114. The van der Waals surface area contributed by atoms with E-state index in [1.165, 1.54) is 14.2 Å². The Morgan fingerprint density at radius 3 is 2.60 bits per heavy atom. The summed E-state index contributed by atoms with van der Waals surface area (Å²) in [6, 6.07) is 14.7. The van der Waals surface area contributed by atoms with Gasteiger partial charge in [0.1, 0.15) is 18.1 Å². The van der Waals surface area contributed by atoms with E-state index in [0.29, 0.717) is 17.0 Å². The van der Waals surface area contributed by atoms with Crippen molar-refractivity contribution in [2.24, 2.45) is 5.16 Å². The lowest BCUT2D eigenvalue weighted by molar-refractivity contribution is -0.132. The van der Waals surface area contributed by atoms with E-state index in [4.69, 9.17) is 18.7 Å². The highest BCUT2D eigenvalue weighted by Gasteiger charge is 2.25. The van der Waals surface area contributed by atoms with Crippen LogP contribution in [0.3, 0.4) is 0 Å². The number of oxime groups is 1. The molecule has 2 aromatic carbocycles. The van der Waals surface area contributed by atoms with E-state index in [1.54, 1.807) is 18.2 Å². The molecule has 156 valence electrons. The van der Waals surface area contributed by atoms with Crippen molar-refractivity contribution in [3.8, 4) is 5.75 Å². The molecule has 0 saturated heterocycles. The van der Waals surface area contributed by atoms with Crippen molar-refractivity contribution in [1.82, 2.24) is 10.2 Å². The van der Waals surface area contributed by atoms with Crippen LogP contribution < -0.4 is 4.74 Å². The van der Waals surface area contributed by atoms with Gasteiger partial charge in [-0.1, -0.05) is 47.6 Å². The first-order valence-corrected chi connectivity index (χ1v) is 9.54. The Morgan fingerprint density at radius 2 is 1.87 bits per heavy atom. The molecule has 1 atom stereocenters. The van der Waals surface area contributed by atoms with E-state index >= 15 is 0 Å². The molecule has 1 unspecified atom stereocenters. The number of benzene rings is 2. The third-order valence-electron chi connectivity index (χ3n) is 4.23. The number of carbonyl (C=O) groups excluding carboxylic acids is 1. The Bertz CT molecular complexity index is 1050. The third kappa shape index (κ3) is 4.80. The van der Waals surface area contributed by atoms with E-state index in [9.17, 15) is 4.79 Å². The molecular weight excluding hydrogens is 406 g/mol. The second kappa shape index (κ2) is 9.93. The predicted octanol–water partition coefficient (Wildman–Crippen LogP) is 3.50. The molecule has 1 heterocycles. The maximum Gasteiger partial charge on any atom is 0.360 e. The lowest BCUT2D eigenvalue weighted by atomic mass is 10.00. The molecule has 3 aromatic rings. The molecule has 30 heavy (non-hydrogen) atoms. The SMILES string of the molecule is CON=C(C(=O)OC)c1ccccc1C(S)c1nnc(COc2ccccc2C)o1. The van der Waals surface area contributed by atoms with Crippen LogP contribution in [0.2, 0.25) is 0 Å². The molecule has 0 N–H and O–H groups in total. The highest BCUT2D eigenvalue weighted by Crippen LogP contribution is 2.31. The number of thiol groups is 1. The Balaban J connectivity index is 1.83. The van der Waals surface area contributed by atoms with Crippen molar-refractivity contribution in [1.29, 1.82) is 0 Å². The number of rotatable bonds is 8. The van der Waals surface area contributed by atoms with Gasteiger partial charge in [0.15, 0.2) is 12.3 Å². The van der Waals surface area contributed by atoms with Crippen LogP contribution >= 0.6 is 12.6 Å². The zero-order valence-corrected chi connectivity index (χ0v) is 17.6. The standard InChI is InChI=1S/C21H21N3O5S/c1-13-8-4-7-11-16(13)28-12-17-22-23-20(29-17)19(30)15-10-6-5-9-14(15)18(24-27-3)21(25)26-2/h4-11,19,30H,12H2,1-3H3. The number of aryl methyl sites for hydroxylation is 1. The summed E-state index contributed by atoms with van der Waals surface area (Å²) in [6.07, 6.45) is 0. The van der Waals surface area contributed by atoms with Gasteiger partial charge >= 0.3 is 5.97 Å². The Hall–Kier alpha value is -3.33. The molecule has 0 aliphatic heterocycles. The quantitative estimate of drug-likeness (QED) is 0.254. The molecule has 0 aliphatic rings. The molecule has 0 spiro atoms. The number of methoxy groups -OCH3 is 1. The molecule has 3 rings (SSSR count). The Morgan fingerprint density at radius 1 is 1.13 bits per heavy atom. The average Bonchev–Trinajstić information content (AvgIpc) is 3.25. The zero-order valence-electron chi connectivity index (χ0n) is 16.7. The van der Waals surface area contributed by atoms with Crippen molar-refractivity contribution >= 4 is 24.3 Å². The van der Waals surface area contributed by atoms with Gasteiger partial charge in [-0.3, -0.25) is 0 Å². The van der Waals surface area contributed by atoms with Gasteiger partial charge < -0.3 is 18.7 Å². The summed E-state index contributed by atoms with van der Waals surface area (Å²) in [5.41, 5.74) is 2.14. The molecule has 9 heteroatoms. The number of carbonyl (C=O) groups is 1. The van der Waals surface area contributed by atoms with E-state index in [2.05, 4.69) is 28.0 Å². The zero-order chi connectivity index (χ0) is 21.5. The first kappa shape index (κ1) is 21.4. The van der Waals surface area contributed by atoms with Gasteiger partial charge in [-0.15, -0.1) is 10.2 Å². The fourth-order valence-electron chi connectivity index (χ4n) is 2.76. The largest absolute Gasteiger partial charge is 0.484 e. The number of aromatic nitrogens is 2. The van der Waals surface area contributed by atoms with Crippen LogP contribution in [0.4, 0.5) is 0 Å². The van der Waals surface area contributed by atoms with E-state index in [0.717, 1.165) is 11.3 Å². The van der Waals surface area contributed by atoms with Crippen LogP contribution in [0, 0.1) is 6.92 Å². The molecular formula is C21H21N3O5S. The number of hydrogen-bond acceptors (Lipinski definition) is 9. The maximum atomic E-state index is 12.1. The molecule has 0 bridgehead atoms. The summed E-state index contributed by atoms with van der Waals surface area (Å²) < 4.78 is 16.3. The van der Waals surface area contributed by atoms with Crippen LogP contribution in [0.1, 0.15) is 33.7 Å². The first-order chi connectivity index (χ1) is 14.5. The third-order valence-corrected chi connectivity index (χ3v) is 4.73. The lowest BCUT2D eigenvalue weighted by Gasteiger charge is -2.13. The molecule has 0 radical (unpaired) electrons. The summed E-state index contributed by atoms with van der Waals surface area (Å²) in [4.78, 5) is 16.9. The monoisotopic (exact) mass is 427 g/mol. The van der Waals surface area contributed by atoms with Gasteiger partial charge in [0, 0.05) is 5.56 Å². The summed E-state index contributed by atoms with van der Waals surface area (Å²) in [6.45, 7) is 2.08. The molecule has 0 saturated carbocycles. The van der Waals surface area contributed by atoms with Crippen molar-refractivity contribution < 1.29 is 23.5 Å². The number of para-hydroxylation sites is 1. The van der Waals surface area contributed by atoms with Crippen LogP contribution in [0.15, 0.2) is 58.1 Å². The topological polar surface area (TPSA) is 96.0 Å². The fourth-order valence-corrected chi connectivity index (χ4v) is 3.09. The van der Waals surface area contributed by atoms with Crippen LogP contribution in [0.5, 0.6) is 5.75 Å². The second-order valence-electron chi connectivity index (χ2n) is 6.19. The number of ether oxygens (including phenoxy) is 2. The number of hydrogen-bond donors (Lipinski definition) is 1. The van der Waals surface area contributed by atoms with Gasteiger partial charge in [0.05, 0.1) is 7.11 Å². The minimum Gasteiger partial charge on any atom is -0.484 e. The molecule has 1 aromatic heterocycles. The average molecular weight is 427 g/mol. The van der Waals surface area contributed by atoms with Gasteiger partial charge in [0.2, 0.25) is 5.89 Å². The Kier molecular flexibility index (Phi) is 7.08. The van der Waals surface area contributed by atoms with Gasteiger partial charge in [0.25, 0.3) is 5.89 Å². The summed E-state index contributed by atoms with van der Waals surface area (Å²) >= 11 is 4.62. The maximum absolute atomic E-state index is 12.1. The van der Waals surface area contributed by atoms with Gasteiger partial charge in [-0.05, 0) is 24.1 Å². The minimum atomic E-state index is -0.636. The van der Waals surface area contributed by atoms with Gasteiger partial charge in [-0.25, -0.2) is 4.79 Å². The molecule has 0 amide bonds. The van der Waals surface area contributed by atoms with Crippen LogP contribution in [-0.2, 0) is 21.0 Å². The Labute approximate surface area is 179 Å². The molecule has 8 nitrogen and oxygen atoms in total. The predicted molar refractivity (Wildman–Crippen MR) is 113 cm³/mol. The van der Waals surface area contributed by atoms with Crippen molar-refractivity contribution in [2.45, 2.75) is 18.8 Å². The lowest BCUT2D eigenvalue weighted by Crippen LogP contribution is -2.20. The van der Waals surface area contributed by atoms with E-state index in [-0.39, 0.29) is 18.2 Å². The number of nitrogens with zero attached hydrogens (tertiary/aromatic N) is 3. The fraction of sp³-hybridized carbons (Fsp3) is 0.238. The highest BCUT2D eigenvalue weighted by atomic mass is 32.1. The molecule has 0 fully saturated rings. The smallest absolute Gasteiger partial charge is 0.360 e. The number of esters is 1.